The lowest BCUT2D eigenvalue weighted by Crippen LogP contribution is -2.36. The topological polar surface area (TPSA) is 141 Å². The smallest absolute Gasteiger partial charge is 0.326 e. The summed E-state index contributed by atoms with van der Waals surface area (Å²) in [6.07, 6.45) is 0.0959. The van der Waals surface area contributed by atoms with Crippen LogP contribution in [0.15, 0.2) is 42.6 Å². The second-order valence-electron chi connectivity index (χ2n) is 5.44. The fourth-order valence-corrected chi connectivity index (χ4v) is 2.20. The number of benzene rings is 1. The number of nitro groups is 1. The zero-order valence-electron chi connectivity index (χ0n) is 14.5. The van der Waals surface area contributed by atoms with Gasteiger partial charge in [0.05, 0.1) is 4.92 Å². The van der Waals surface area contributed by atoms with Gasteiger partial charge in [0.1, 0.15) is 17.9 Å². The summed E-state index contributed by atoms with van der Waals surface area (Å²) in [5.41, 5.74) is -0.307. The number of hydrogen-bond donors (Lipinski definition) is 2. The lowest BCUT2D eigenvalue weighted by molar-refractivity contribution is -0.383. The SMILES string of the molecule is C[C@H](OC(=O)CNC(=O)c1cc(Cl)ccn1)C(=O)Nc1ccccc1[N+](=O)[O-]. The highest BCUT2D eigenvalue weighted by atomic mass is 35.5. The molecule has 146 valence electrons. The minimum atomic E-state index is -1.24. The Morgan fingerprint density at radius 1 is 1.29 bits per heavy atom. The molecule has 0 bridgehead atoms. The van der Waals surface area contributed by atoms with E-state index in [9.17, 15) is 24.5 Å². The van der Waals surface area contributed by atoms with Crippen LogP contribution in [0.25, 0.3) is 0 Å². The van der Waals surface area contributed by atoms with Crippen LogP contribution >= 0.6 is 11.6 Å². The van der Waals surface area contributed by atoms with Crippen LogP contribution in [0.3, 0.4) is 0 Å². The first kappa shape index (κ1) is 20.8. The van der Waals surface area contributed by atoms with E-state index < -0.39 is 35.4 Å². The van der Waals surface area contributed by atoms with Gasteiger partial charge in [-0.1, -0.05) is 23.7 Å². The number of rotatable bonds is 7. The number of pyridine rings is 1. The molecular weight excluding hydrogens is 392 g/mol. The maximum Gasteiger partial charge on any atom is 0.326 e. The monoisotopic (exact) mass is 406 g/mol. The van der Waals surface area contributed by atoms with Gasteiger partial charge in [-0.05, 0) is 25.1 Å². The molecule has 1 heterocycles. The predicted octanol–water partition coefficient (Wildman–Crippen LogP) is 1.94. The first-order valence-corrected chi connectivity index (χ1v) is 8.29. The molecule has 2 rings (SSSR count). The fraction of sp³-hybridized carbons (Fsp3) is 0.176. The van der Waals surface area contributed by atoms with E-state index in [0.717, 1.165) is 0 Å². The number of carbonyl (C=O) groups excluding carboxylic acids is 3. The van der Waals surface area contributed by atoms with Gasteiger partial charge in [-0.25, -0.2) is 0 Å². The number of carbonyl (C=O) groups is 3. The number of para-hydroxylation sites is 2. The van der Waals surface area contributed by atoms with Crippen LogP contribution in [0.5, 0.6) is 0 Å². The average Bonchev–Trinajstić information content (AvgIpc) is 2.66. The molecular formula is C17H15ClN4O6. The molecule has 0 unspecified atom stereocenters. The number of nitrogens with one attached hydrogen (secondary N) is 2. The molecule has 0 radical (unpaired) electrons. The highest BCUT2D eigenvalue weighted by molar-refractivity contribution is 6.30. The van der Waals surface area contributed by atoms with E-state index in [4.69, 9.17) is 16.3 Å². The summed E-state index contributed by atoms with van der Waals surface area (Å²) in [4.78, 5) is 49.9. The zero-order valence-corrected chi connectivity index (χ0v) is 15.3. The molecule has 1 aromatic heterocycles. The van der Waals surface area contributed by atoms with Crippen LogP contribution in [0.4, 0.5) is 11.4 Å². The standard InChI is InChI=1S/C17H15ClN4O6/c1-10(16(24)21-12-4-2-3-5-14(12)22(26)27)28-15(23)9-20-17(25)13-8-11(18)6-7-19-13/h2-8,10H,9H2,1H3,(H,20,25)(H,21,24)/t10-/m0/s1. The Morgan fingerprint density at radius 2 is 2.00 bits per heavy atom. The van der Waals surface area contributed by atoms with Gasteiger partial charge < -0.3 is 15.4 Å². The molecule has 2 amide bonds. The quantitative estimate of drug-likeness (QED) is 0.406. The van der Waals surface area contributed by atoms with Crippen LogP contribution in [-0.2, 0) is 14.3 Å². The molecule has 0 aliphatic heterocycles. The minimum Gasteiger partial charge on any atom is -0.451 e. The molecule has 11 heteroatoms. The van der Waals surface area contributed by atoms with E-state index in [-0.39, 0.29) is 17.1 Å². The first-order chi connectivity index (χ1) is 13.3. The molecule has 0 aliphatic carbocycles. The number of nitro benzene ring substituents is 1. The third-order valence-corrected chi connectivity index (χ3v) is 3.62. The lowest BCUT2D eigenvalue weighted by Gasteiger charge is -2.14. The number of anilines is 1. The second kappa shape index (κ2) is 9.42. The number of halogens is 1. The molecule has 1 aromatic carbocycles. The maximum atomic E-state index is 12.1. The van der Waals surface area contributed by atoms with Gasteiger partial charge in [0.2, 0.25) is 0 Å². The highest BCUT2D eigenvalue weighted by Gasteiger charge is 2.22. The van der Waals surface area contributed by atoms with E-state index in [1.165, 1.54) is 49.5 Å². The van der Waals surface area contributed by atoms with Crippen molar-refractivity contribution in [1.82, 2.24) is 10.3 Å². The molecule has 28 heavy (non-hydrogen) atoms. The molecule has 0 saturated heterocycles. The molecule has 10 nitrogen and oxygen atoms in total. The van der Waals surface area contributed by atoms with Gasteiger partial charge in [-0.2, -0.15) is 0 Å². The maximum absolute atomic E-state index is 12.1. The van der Waals surface area contributed by atoms with Crippen molar-refractivity contribution < 1.29 is 24.0 Å². The van der Waals surface area contributed by atoms with Crippen LogP contribution < -0.4 is 10.6 Å². The largest absolute Gasteiger partial charge is 0.451 e. The van der Waals surface area contributed by atoms with E-state index in [1.807, 2.05) is 0 Å². The van der Waals surface area contributed by atoms with Gasteiger partial charge in [0, 0.05) is 17.3 Å². The average molecular weight is 407 g/mol. The second-order valence-corrected chi connectivity index (χ2v) is 5.87. The van der Waals surface area contributed by atoms with Crippen molar-refractivity contribution in [3.8, 4) is 0 Å². The number of ether oxygens (including phenoxy) is 1. The molecule has 0 spiro atoms. The summed E-state index contributed by atoms with van der Waals surface area (Å²) >= 11 is 5.75. The number of hydrogen-bond acceptors (Lipinski definition) is 7. The van der Waals surface area contributed by atoms with Gasteiger partial charge in [0.25, 0.3) is 17.5 Å². The Balaban J connectivity index is 1.87. The van der Waals surface area contributed by atoms with Gasteiger partial charge in [-0.15, -0.1) is 0 Å². The Labute approximate surface area is 164 Å². The number of esters is 1. The van der Waals surface area contributed by atoms with Crippen molar-refractivity contribution in [3.05, 3.63) is 63.4 Å². The summed E-state index contributed by atoms with van der Waals surface area (Å²) in [7, 11) is 0. The summed E-state index contributed by atoms with van der Waals surface area (Å²) in [6.45, 7) is 0.790. The first-order valence-electron chi connectivity index (χ1n) is 7.91. The Morgan fingerprint density at radius 3 is 2.68 bits per heavy atom. The highest BCUT2D eigenvalue weighted by Crippen LogP contribution is 2.23. The van der Waals surface area contributed by atoms with Gasteiger partial charge >= 0.3 is 5.97 Å². The zero-order chi connectivity index (χ0) is 20.7. The van der Waals surface area contributed by atoms with Crippen molar-refractivity contribution >= 4 is 40.8 Å². The van der Waals surface area contributed by atoms with Gasteiger partial charge in [0.15, 0.2) is 6.10 Å². The molecule has 0 aliphatic rings. The fourth-order valence-electron chi connectivity index (χ4n) is 2.04. The molecule has 2 aromatic rings. The van der Waals surface area contributed by atoms with Crippen molar-refractivity contribution in [2.45, 2.75) is 13.0 Å². The number of amides is 2. The normalized spacial score (nSPS) is 11.2. The Bertz CT molecular complexity index is 920. The summed E-state index contributed by atoms with van der Waals surface area (Å²) in [6, 6.07) is 8.36. The van der Waals surface area contributed by atoms with Crippen molar-refractivity contribution in [2.75, 3.05) is 11.9 Å². The predicted molar refractivity (Wildman–Crippen MR) is 98.9 cm³/mol. The van der Waals surface area contributed by atoms with E-state index in [0.29, 0.717) is 5.02 Å². The summed E-state index contributed by atoms with van der Waals surface area (Å²) in [5.74, 6) is -2.28. The molecule has 2 N–H and O–H groups in total. The number of nitrogens with zero attached hydrogens (tertiary/aromatic N) is 2. The van der Waals surface area contributed by atoms with Crippen molar-refractivity contribution in [1.29, 1.82) is 0 Å². The van der Waals surface area contributed by atoms with E-state index in [2.05, 4.69) is 15.6 Å². The van der Waals surface area contributed by atoms with Crippen LogP contribution in [-0.4, -0.2) is 40.3 Å². The third kappa shape index (κ3) is 5.74. The van der Waals surface area contributed by atoms with Gasteiger partial charge in [-0.3, -0.25) is 29.5 Å². The Hall–Kier alpha value is -3.53. The molecule has 0 fully saturated rings. The Kier molecular flexibility index (Phi) is 6.99. The van der Waals surface area contributed by atoms with Crippen LogP contribution in [0.1, 0.15) is 17.4 Å². The third-order valence-electron chi connectivity index (χ3n) is 3.38. The minimum absolute atomic E-state index is 0.0162. The van der Waals surface area contributed by atoms with Crippen LogP contribution in [0, 0.1) is 10.1 Å². The summed E-state index contributed by atoms with van der Waals surface area (Å²) < 4.78 is 4.91. The van der Waals surface area contributed by atoms with E-state index >= 15 is 0 Å². The lowest BCUT2D eigenvalue weighted by atomic mass is 10.2. The van der Waals surface area contributed by atoms with Crippen molar-refractivity contribution in [3.63, 3.8) is 0 Å². The molecule has 0 saturated carbocycles. The number of aromatic nitrogens is 1. The van der Waals surface area contributed by atoms with Crippen molar-refractivity contribution in [2.24, 2.45) is 0 Å². The summed E-state index contributed by atoms with van der Waals surface area (Å²) in [5, 5.41) is 15.9. The molecule has 1 atom stereocenters. The van der Waals surface area contributed by atoms with E-state index in [1.54, 1.807) is 0 Å². The van der Waals surface area contributed by atoms with Crippen LogP contribution in [0.2, 0.25) is 5.02 Å².